The molecule has 5 rings (SSSR count). The minimum absolute atomic E-state index is 0.0356. The summed E-state index contributed by atoms with van der Waals surface area (Å²) in [7, 11) is 0. The molecule has 3 fully saturated rings. The van der Waals surface area contributed by atoms with Crippen LogP contribution in [0, 0.1) is 0 Å². The van der Waals surface area contributed by atoms with Gasteiger partial charge in [0.15, 0.2) is 11.8 Å². The van der Waals surface area contributed by atoms with Crippen LogP contribution in [-0.4, -0.2) is 92.5 Å². The van der Waals surface area contributed by atoms with Gasteiger partial charge in [0, 0.05) is 38.4 Å². The van der Waals surface area contributed by atoms with Gasteiger partial charge in [-0.05, 0) is 82.7 Å². The van der Waals surface area contributed by atoms with Gasteiger partial charge in [-0.15, -0.1) is 0 Å². The highest BCUT2D eigenvalue weighted by atomic mass is 79.9. The van der Waals surface area contributed by atoms with E-state index in [1.165, 1.54) is 11.8 Å². The molecule has 0 bridgehead atoms. The van der Waals surface area contributed by atoms with Gasteiger partial charge in [0.25, 0.3) is 11.8 Å². The Balaban J connectivity index is 1.25. The number of carbonyl (C=O) groups excluding carboxylic acids is 2. The second-order valence-electron chi connectivity index (χ2n) is 9.14. The fraction of sp³-hybridized carbons (Fsp3) is 0.393. The molecule has 3 heterocycles. The van der Waals surface area contributed by atoms with Crippen LogP contribution in [0.3, 0.4) is 0 Å². The number of aliphatic imine (C=N–C) groups is 1. The molecule has 0 aromatic heterocycles. The summed E-state index contributed by atoms with van der Waals surface area (Å²) in [5.74, 6) is 0.437. The largest absolute Gasteiger partial charge is 0.483 e. The van der Waals surface area contributed by atoms with Gasteiger partial charge in [-0.2, -0.15) is 0 Å². The number of hydrogen-bond acceptors (Lipinski definition) is 8. The van der Waals surface area contributed by atoms with Gasteiger partial charge < -0.3 is 24.0 Å². The number of likely N-dealkylation sites (N-methyl/N-ethyl adjacent to an activating group) is 1. The Kier molecular flexibility index (Phi) is 9.23. The van der Waals surface area contributed by atoms with Crippen LogP contribution in [-0.2, 0) is 19.1 Å². The Bertz CT molecular complexity index is 1260. The van der Waals surface area contributed by atoms with Crippen LogP contribution in [0.15, 0.2) is 56.8 Å². The number of nitrogens with zero attached hydrogens (tertiary/aromatic N) is 4. The van der Waals surface area contributed by atoms with E-state index in [0.717, 1.165) is 43.2 Å². The summed E-state index contributed by atoms with van der Waals surface area (Å²) < 4.78 is 17.2. The van der Waals surface area contributed by atoms with Crippen LogP contribution in [0.25, 0.3) is 6.08 Å². The lowest BCUT2D eigenvalue weighted by Crippen LogP contribution is -2.43. The van der Waals surface area contributed by atoms with Crippen LogP contribution < -0.4 is 9.64 Å². The lowest BCUT2D eigenvalue weighted by atomic mass is 10.2. The molecule has 0 atom stereocenters. The van der Waals surface area contributed by atoms with Crippen molar-refractivity contribution < 1.29 is 23.8 Å². The summed E-state index contributed by atoms with van der Waals surface area (Å²) in [6.07, 6.45) is 1.85. The fourth-order valence-corrected chi connectivity index (χ4v) is 6.03. The van der Waals surface area contributed by atoms with Crippen LogP contribution >= 0.6 is 27.7 Å². The number of rotatable bonds is 7. The standard InChI is InChI=1S/C28H31BrN4O5S/c1-2-33-27(35)25(39-28(33)30-21-4-6-22(7-5-21)31-9-13-36-14-10-31)18-20-3-8-24(23(29)17-20)38-19-26(34)32-11-15-37-16-12-32/h3-8,17-18H,2,9-16,19H2,1H3/b25-18-,30-28?. The number of anilines is 1. The first-order chi connectivity index (χ1) is 19.0. The molecular weight excluding hydrogens is 584 g/mol. The van der Waals surface area contributed by atoms with Crippen molar-refractivity contribution >= 4 is 62.1 Å². The van der Waals surface area contributed by atoms with Crippen molar-refractivity contribution in [1.29, 1.82) is 0 Å². The molecule has 206 valence electrons. The van der Waals surface area contributed by atoms with E-state index in [0.29, 0.717) is 53.1 Å². The van der Waals surface area contributed by atoms with Crippen molar-refractivity contribution in [3.05, 3.63) is 57.4 Å². The normalized spacial score (nSPS) is 20.3. The predicted octanol–water partition coefficient (Wildman–Crippen LogP) is 4.15. The number of carbonyl (C=O) groups is 2. The van der Waals surface area contributed by atoms with Gasteiger partial charge >= 0.3 is 0 Å². The van der Waals surface area contributed by atoms with E-state index in [2.05, 4.69) is 33.0 Å². The highest BCUT2D eigenvalue weighted by molar-refractivity contribution is 9.10. The van der Waals surface area contributed by atoms with Crippen molar-refractivity contribution in [1.82, 2.24) is 9.80 Å². The van der Waals surface area contributed by atoms with Gasteiger partial charge in [0.2, 0.25) is 0 Å². The Hall–Kier alpha value is -2.86. The maximum Gasteiger partial charge on any atom is 0.266 e. The van der Waals surface area contributed by atoms with Crippen molar-refractivity contribution in [3.63, 3.8) is 0 Å². The topological polar surface area (TPSA) is 83.9 Å². The third-order valence-corrected chi connectivity index (χ3v) is 8.25. The van der Waals surface area contributed by atoms with E-state index in [1.807, 2.05) is 37.3 Å². The maximum absolute atomic E-state index is 13.1. The van der Waals surface area contributed by atoms with E-state index < -0.39 is 0 Å². The highest BCUT2D eigenvalue weighted by Crippen LogP contribution is 2.35. The summed E-state index contributed by atoms with van der Waals surface area (Å²) in [5.41, 5.74) is 2.79. The minimum Gasteiger partial charge on any atom is -0.483 e. The molecule has 11 heteroatoms. The average molecular weight is 616 g/mol. The predicted molar refractivity (Wildman–Crippen MR) is 157 cm³/mol. The first-order valence-corrected chi connectivity index (χ1v) is 14.6. The number of thioether (sulfide) groups is 1. The lowest BCUT2D eigenvalue weighted by molar-refractivity contribution is -0.137. The third kappa shape index (κ3) is 6.84. The summed E-state index contributed by atoms with van der Waals surface area (Å²) in [4.78, 5) is 36.6. The first kappa shape index (κ1) is 27.7. The first-order valence-electron chi connectivity index (χ1n) is 13.0. The zero-order valence-corrected chi connectivity index (χ0v) is 24.2. The smallest absolute Gasteiger partial charge is 0.266 e. The molecule has 9 nitrogen and oxygen atoms in total. The number of morpholine rings is 2. The molecule has 39 heavy (non-hydrogen) atoms. The Morgan fingerprint density at radius 3 is 2.41 bits per heavy atom. The van der Waals surface area contributed by atoms with E-state index in [9.17, 15) is 9.59 Å². The average Bonchev–Trinajstić information content (AvgIpc) is 3.26. The van der Waals surface area contributed by atoms with Gasteiger partial charge in [-0.25, -0.2) is 4.99 Å². The molecule has 3 aliphatic heterocycles. The zero-order chi connectivity index (χ0) is 27.2. The Morgan fingerprint density at radius 2 is 1.74 bits per heavy atom. The van der Waals surface area contributed by atoms with Gasteiger partial charge in [-0.1, -0.05) is 6.07 Å². The number of hydrogen-bond donors (Lipinski definition) is 0. The second kappa shape index (κ2) is 13.0. The molecule has 3 aliphatic rings. The second-order valence-corrected chi connectivity index (χ2v) is 11.0. The minimum atomic E-state index is -0.0706. The quantitative estimate of drug-likeness (QED) is 0.433. The number of ether oxygens (including phenoxy) is 3. The molecule has 0 saturated carbocycles. The van der Waals surface area contributed by atoms with E-state index in [1.54, 1.807) is 15.9 Å². The number of amidine groups is 1. The monoisotopic (exact) mass is 614 g/mol. The molecule has 0 spiro atoms. The van der Waals surface area contributed by atoms with Crippen molar-refractivity contribution in [2.24, 2.45) is 4.99 Å². The number of benzene rings is 2. The molecule has 2 amide bonds. The molecule has 0 radical (unpaired) electrons. The molecule has 0 N–H and O–H groups in total. The van der Waals surface area contributed by atoms with Gasteiger partial charge in [0.05, 0.1) is 41.5 Å². The number of amides is 2. The highest BCUT2D eigenvalue weighted by Gasteiger charge is 2.32. The fourth-order valence-electron chi connectivity index (χ4n) is 4.46. The van der Waals surface area contributed by atoms with Crippen molar-refractivity contribution in [2.45, 2.75) is 6.92 Å². The third-order valence-electron chi connectivity index (χ3n) is 6.62. The summed E-state index contributed by atoms with van der Waals surface area (Å²) >= 11 is 4.91. The molecule has 2 aromatic rings. The van der Waals surface area contributed by atoms with Gasteiger partial charge in [-0.3, -0.25) is 14.5 Å². The summed E-state index contributed by atoms with van der Waals surface area (Å²) in [5, 5.41) is 0.661. The van der Waals surface area contributed by atoms with E-state index >= 15 is 0 Å². The molecular formula is C28H31BrN4O5S. The van der Waals surface area contributed by atoms with Crippen LogP contribution in [0.1, 0.15) is 12.5 Å². The van der Waals surface area contributed by atoms with E-state index in [4.69, 9.17) is 19.2 Å². The van der Waals surface area contributed by atoms with Crippen LogP contribution in [0.5, 0.6) is 5.75 Å². The molecule has 2 aromatic carbocycles. The summed E-state index contributed by atoms with van der Waals surface area (Å²) in [6, 6.07) is 13.6. The molecule has 0 aliphatic carbocycles. The molecule has 3 saturated heterocycles. The lowest BCUT2D eigenvalue weighted by Gasteiger charge is -2.28. The van der Waals surface area contributed by atoms with Crippen LogP contribution in [0.4, 0.5) is 11.4 Å². The van der Waals surface area contributed by atoms with Crippen LogP contribution in [0.2, 0.25) is 0 Å². The van der Waals surface area contributed by atoms with Gasteiger partial charge in [0.1, 0.15) is 5.75 Å². The Labute approximate surface area is 240 Å². The van der Waals surface area contributed by atoms with Crippen molar-refractivity contribution in [3.8, 4) is 5.75 Å². The van der Waals surface area contributed by atoms with Crippen molar-refractivity contribution in [2.75, 3.05) is 70.7 Å². The number of halogens is 1. The Morgan fingerprint density at radius 1 is 1.05 bits per heavy atom. The SMILES string of the molecule is CCN1C(=O)/C(=C/c2ccc(OCC(=O)N3CCOCC3)c(Br)c2)SC1=Nc1ccc(N2CCOCC2)cc1. The van der Waals surface area contributed by atoms with E-state index in [-0.39, 0.29) is 18.4 Å². The summed E-state index contributed by atoms with van der Waals surface area (Å²) in [6.45, 7) is 7.96. The maximum atomic E-state index is 13.1. The molecule has 0 unspecified atom stereocenters. The zero-order valence-electron chi connectivity index (χ0n) is 21.8.